The second-order valence-corrected chi connectivity index (χ2v) is 5.60. The van der Waals surface area contributed by atoms with Gasteiger partial charge >= 0.3 is 11.9 Å². The summed E-state index contributed by atoms with van der Waals surface area (Å²) in [5.41, 5.74) is 1.01. The van der Waals surface area contributed by atoms with Crippen molar-refractivity contribution in [3.05, 3.63) is 41.5 Å². The summed E-state index contributed by atoms with van der Waals surface area (Å²) in [6.45, 7) is 7.24. The number of carbonyl (C=O) groups excluding carboxylic acids is 1. The number of hydrogen-bond acceptors (Lipinski definition) is 3. The van der Waals surface area contributed by atoms with Crippen LogP contribution in [0.3, 0.4) is 0 Å². The highest BCUT2D eigenvalue weighted by molar-refractivity contribution is 5.85. The van der Waals surface area contributed by atoms with Crippen molar-refractivity contribution >= 4 is 18.0 Å². The summed E-state index contributed by atoms with van der Waals surface area (Å²) >= 11 is 0. The smallest absolute Gasteiger partial charge is 0.328 e. The Balaban J connectivity index is 2.88. The fourth-order valence-corrected chi connectivity index (χ4v) is 1.63. The first-order chi connectivity index (χ1) is 9.19. The molecule has 0 heterocycles. The Labute approximate surface area is 119 Å². The molecule has 0 fully saturated rings. The van der Waals surface area contributed by atoms with E-state index in [4.69, 9.17) is 9.84 Å². The number of esters is 1. The highest BCUT2D eigenvalue weighted by Gasteiger charge is 2.22. The molecule has 0 saturated carbocycles. The molecule has 0 amide bonds. The molecule has 0 aliphatic rings. The summed E-state index contributed by atoms with van der Waals surface area (Å²) in [6, 6.07) is 7.18. The molecule has 0 aromatic heterocycles. The molecular formula is C16H20O4. The van der Waals surface area contributed by atoms with Gasteiger partial charge in [-0.2, -0.15) is 0 Å². The van der Waals surface area contributed by atoms with Gasteiger partial charge in [0.1, 0.15) is 5.60 Å². The highest BCUT2D eigenvalue weighted by Crippen LogP contribution is 2.21. The second-order valence-electron chi connectivity index (χ2n) is 5.60. The van der Waals surface area contributed by atoms with Crippen LogP contribution in [0.25, 0.3) is 6.08 Å². The highest BCUT2D eigenvalue weighted by atomic mass is 16.6. The van der Waals surface area contributed by atoms with Crippen molar-refractivity contribution in [3.63, 3.8) is 0 Å². The van der Waals surface area contributed by atoms with Crippen LogP contribution in [-0.2, 0) is 14.3 Å². The molecule has 1 rings (SSSR count). The maximum atomic E-state index is 12.0. The van der Waals surface area contributed by atoms with Crippen LogP contribution in [0.5, 0.6) is 0 Å². The van der Waals surface area contributed by atoms with Gasteiger partial charge in [0, 0.05) is 6.08 Å². The number of benzene rings is 1. The predicted molar refractivity (Wildman–Crippen MR) is 77.4 cm³/mol. The van der Waals surface area contributed by atoms with Crippen LogP contribution < -0.4 is 0 Å². The van der Waals surface area contributed by atoms with E-state index < -0.39 is 17.5 Å². The molecule has 4 heteroatoms. The van der Waals surface area contributed by atoms with Gasteiger partial charge in [0.25, 0.3) is 0 Å². The molecule has 1 atom stereocenters. The van der Waals surface area contributed by atoms with Gasteiger partial charge in [0.05, 0.1) is 5.92 Å². The number of carboxylic acid groups (broad SMARTS) is 1. The first kappa shape index (κ1) is 16.0. The van der Waals surface area contributed by atoms with Gasteiger partial charge in [-0.05, 0) is 44.9 Å². The van der Waals surface area contributed by atoms with E-state index in [0.717, 1.165) is 17.2 Å². The standard InChI is InChI=1S/C16H20O4/c1-11(15(19)20-16(2,3)4)13-7-5-6-12(10-13)8-9-14(17)18/h5-11H,1-4H3,(H,17,18). The van der Waals surface area contributed by atoms with E-state index in [1.54, 1.807) is 25.1 Å². The lowest BCUT2D eigenvalue weighted by molar-refractivity contribution is -0.156. The van der Waals surface area contributed by atoms with Gasteiger partial charge < -0.3 is 9.84 Å². The molecule has 0 aliphatic heterocycles. The predicted octanol–water partition coefficient (Wildman–Crippen LogP) is 3.23. The van der Waals surface area contributed by atoms with Crippen molar-refractivity contribution in [2.75, 3.05) is 0 Å². The summed E-state index contributed by atoms with van der Waals surface area (Å²) < 4.78 is 5.34. The molecule has 1 aromatic rings. The SMILES string of the molecule is CC(C(=O)OC(C)(C)C)c1cccc(C=CC(=O)O)c1. The monoisotopic (exact) mass is 276 g/mol. The Morgan fingerprint density at radius 2 is 1.95 bits per heavy atom. The molecule has 1 unspecified atom stereocenters. The number of ether oxygens (including phenoxy) is 1. The Morgan fingerprint density at radius 3 is 2.50 bits per heavy atom. The first-order valence-corrected chi connectivity index (χ1v) is 6.43. The van der Waals surface area contributed by atoms with E-state index in [2.05, 4.69) is 0 Å². The van der Waals surface area contributed by atoms with Gasteiger partial charge in [0.15, 0.2) is 0 Å². The van der Waals surface area contributed by atoms with Crippen LogP contribution in [0.15, 0.2) is 30.3 Å². The van der Waals surface area contributed by atoms with Crippen LogP contribution >= 0.6 is 0 Å². The summed E-state index contributed by atoms with van der Waals surface area (Å²) in [5, 5.41) is 8.61. The van der Waals surface area contributed by atoms with Crippen LogP contribution in [0.2, 0.25) is 0 Å². The molecule has 4 nitrogen and oxygen atoms in total. The molecule has 0 spiro atoms. The third-order valence-electron chi connectivity index (χ3n) is 2.59. The van der Waals surface area contributed by atoms with Gasteiger partial charge in [-0.25, -0.2) is 4.79 Å². The van der Waals surface area contributed by atoms with Gasteiger partial charge in [0.2, 0.25) is 0 Å². The zero-order valence-corrected chi connectivity index (χ0v) is 12.2. The van der Waals surface area contributed by atoms with E-state index in [1.165, 1.54) is 6.08 Å². The maximum Gasteiger partial charge on any atom is 0.328 e. The third-order valence-corrected chi connectivity index (χ3v) is 2.59. The molecular weight excluding hydrogens is 256 g/mol. The number of carbonyl (C=O) groups is 2. The zero-order valence-electron chi connectivity index (χ0n) is 12.2. The lowest BCUT2D eigenvalue weighted by atomic mass is 9.98. The van der Waals surface area contributed by atoms with Crippen molar-refractivity contribution in [1.29, 1.82) is 0 Å². The third kappa shape index (κ3) is 5.26. The van der Waals surface area contributed by atoms with E-state index in [0.29, 0.717) is 0 Å². The average Bonchev–Trinajstić information content (AvgIpc) is 2.33. The Kier molecular flexibility index (Phi) is 5.08. The van der Waals surface area contributed by atoms with E-state index in [9.17, 15) is 9.59 Å². The van der Waals surface area contributed by atoms with Gasteiger partial charge in [-0.1, -0.05) is 24.3 Å². The minimum absolute atomic E-state index is 0.295. The molecule has 108 valence electrons. The van der Waals surface area contributed by atoms with Crippen LogP contribution in [0.4, 0.5) is 0 Å². The van der Waals surface area contributed by atoms with Crippen LogP contribution in [0.1, 0.15) is 44.7 Å². The van der Waals surface area contributed by atoms with E-state index in [-0.39, 0.29) is 5.97 Å². The summed E-state index contributed by atoms with van der Waals surface area (Å²) in [6.07, 6.45) is 2.56. The Morgan fingerprint density at radius 1 is 1.30 bits per heavy atom. The van der Waals surface area contributed by atoms with Crippen molar-refractivity contribution < 1.29 is 19.4 Å². The molecule has 1 aromatic carbocycles. The fraction of sp³-hybridized carbons (Fsp3) is 0.375. The zero-order chi connectivity index (χ0) is 15.3. The summed E-state index contributed by atoms with van der Waals surface area (Å²) in [5.74, 6) is -1.69. The van der Waals surface area contributed by atoms with Gasteiger partial charge in [-0.15, -0.1) is 0 Å². The first-order valence-electron chi connectivity index (χ1n) is 6.43. The minimum Gasteiger partial charge on any atom is -0.478 e. The lowest BCUT2D eigenvalue weighted by Crippen LogP contribution is -2.26. The van der Waals surface area contributed by atoms with Gasteiger partial charge in [-0.3, -0.25) is 4.79 Å². The Hall–Kier alpha value is -2.10. The molecule has 1 N–H and O–H groups in total. The van der Waals surface area contributed by atoms with Crippen molar-refractivity contribution in [3.8, 4) is 0 Å². The largest absolute Gasteiger partial charge is 0.478 e. The molecule has 20 heavy (non-hydrogen) atoms. The topological polar surface area (TPSA) is 63.6 Å². The molecule has 0 radical (unpaired) electrons. The normalized spacial score (nSPS) is 13.2. The minimum atomic E-state index is -1.00. The molecule has 0 aliphatic carbocycles. The van der Waals surface area contributed by atoms with Crippen molar-refractivity contribution in [2.24, 2.45) is 0 Å². The van der Waals surface area contributed by atoms with Crippen molar-refractivity contribution in [2.45, 2.75) is 39.2 Å². The Bertz CT molecular complexity index is 524. The lowest BCUT2D eigenvalue weighted by Gasteiger charge is -2.22. The second kappa shape index (κ2) is 6.37. The average molecular weight is 276 g/mol. The van der Waals surface area contributed by atoms with E-state index >= 15 is 0 Å². The van der Waals surface area contributed by atoms with Crippen LogP contribution in [-0.4, -0.2) is 22.6 Å². The maximum absolute atomic E-state index is 12.0. The van der Waals surface area contributed by atoms with E-state index in [1.807, 2.05) is 26.8 Å². The fourth-order valence-electron chi connectivity index (χ4n) is 1.63. The summed E-state index contributed by atoms with van der Waals surface area (Å²) in [7, 11) is 0. The molecule has 0 bridgehead atoms. The number of rotatable bonds is 4. The number of hydrogen-bond donors (Lipinski definition) is 1. The summed E-state index contributed by atoms with van der Waals surface area (Å²) in [4.78, 5) is 22.5. The number of carboxylic acids is 1. The molecule has 0 saturated heterocycles. The van der Waals surface area contributed by atoms with Crippen LogP contribution in [0, 0.1) is 0 Å². The van der Waals surface area contributed by atoms with Crippen molar-refractivity contribution in [1.82, 2.24) is 0 Å². The number of aliphatic carboxylic acids is 1. The quantitative estimate of drug-likeness (QED) is 0.677.